The summed E-state index contributed by atoms with van der Waals surface area (Å²) in [5.41, 5.74) is 0. The summed E-state index contributed by atoms with van der Waals surface area (Å²) >= 11 is 0. The fourth-order valence-corrected chi connectivity index (χ4v) is 2.68. The highest BCUT2D eigenvalue weighted by Gasteiger charge is 2.18. The minimum Gasteiger partial charge on any atom is -0.338 e. The molecule has 0 amide bonds. The van der Waals surface area contributed by atoms with Gasteiger partial charge in [-0.2, -0.15) is 4.98 Å². The molecule has 0 saturated carbocycles. The molecule has 1 unspecified atom stereocenters. The van der Waals surface area contributed by atoms with Crippen molar-refractivity contribution in [3.05, 3.63) is 5.89 Å². The zero-order valence-corrected chi connectivity index (χ0v) is 12.2. The van der Waals surface area contributed by atoms with Gasteiger partial charge < -0.3 is 14.7 Å². The Hall–Kier alpha value is -1.10. The molecular formula is C14H26N4O. The van der Waals surface area contributed by atoms with Crippen LogP contribution in [0.1, 0.15) is 51.8 Å². The summed E-state index contributed by atoms with van der Waals surface area (Å²) in [7, 11) is 0. The summed E-state index contributed by atoms with van der Waals surface area (Å²) in [6, 6.07) is 0.449. The second-order valence-corrected chi connectivity index (χ2v) is 5.28. The molecule has 1 aromatic heterocycles. The predicted molar refractivity (Wildman–Crippen MR) is 76.4 cm³/mol. The predicted octanol–water partition coefficient (Wildman–Crippen LogP) is 2.38. The molecule has 1 saturated heterocycles. The molecule has 1 fully saturated rings. The van der Waals surface area contributed by atoms with Gasteiger partial charge in [0.25, 0.3) is 5.95 Å². The van der Waals surface area contributed by atoms with E-state index >= 15 is 0 Å². The summed E-state index contributed by atoms with van der Waals surface area (Å²) in [5.74, 6) is 1.54. The Morgan fingerprint density at radius 2 is 2.05 bits per heavy atom. The van der Waals surface area contributed by atoms with E-state index < -0.39 is 0 Å². The lowest BCUT2D eigenvalue weighted by Gasteiger charge is -2.24. The van der Waals surface area contributed by atoms with Crippen LogP contribution in [-0.4, -0.2) is 35.8 Å². The van der Waals surface area contributed by atoms with E-state index in [2.05, 4.69) is 34.2 Å². The maximum atomic E-state index is 5.40. The Bertz CT molecular complexity index is 354. The van der Waals surface area contributed by atoms with Crippen molar-refractivity contribution in [3.8, 4) is 0 Å². The van der Waals surface area contributed by atoms with Gasteiger partial charge in [0.1, 0.15) is 0 Å². The van der Waals surface area contributed by atoms with Gasteiger partial charge in [0, 0.05) is 25.6 Å². The number of likely N-dealkylation sites (N-methyl/N-ethyl adjacent to an activating group) is 1. The third-order valence-corrected chi connectivity index (χ3v) is 3.65. The van der Waals surface area contributed by atoms with Crippen molar-refractivity contribution in [2.75, 3.05) is 24.5 Å². The first-order chi connectivity index (χ1) is 9.33. The van der Waals surface area contributed by atoms with Crippen molar-refractivity contribution < 1.29 is 4.52 Å². The summed E-state index contributed by atoms with van der Waals surface area (Å²) < 4.78 is 5.40. The molecule has 1 aromatic rings. The lowest BCUT2D eigenvalue weighted by atomic mass is 10.1. The van der Waals surface area contributed by atoms with Crippen molar-refractivity contribution in [2.24, 2.45) is 0 Å². The smallest absolute Gasteiger partial charge is 0.266 e. The van der Waals surface area contributed by atoms with Crippen molar-refractivity contribution in [1.82, 2.24) is 15.5 Å². The Labute approximate surface area is 115 Å². The van der Waals surface area contributed by atoms with E-state index in [1.54, 1.807) is 0 Å². The molecule has 19 heavy (non-hydrogen) atoms. The van der Waals surface area contributed by atoms with Gasteiger partial charge in [-0.25, -0.2) is 0 Å². The fourth-order valence-electron chi connectivity index (χ4n) is 2.68. The van der Waals surface area contributed by atoms with Gasteiger partial charge in [0.15, 0.2) is 0 Å². The summed E-state index contributed by atoms with van der Waals surface area (Å²) in [6.07, 6.45) is 6.95. The van der Waals surface area contributed by atoms with Gasteiger partial charge in [-0.15, -0.1) is 0 Å². The second-order valence-electron chi connectivity index (χ2n) is 5.28. The fraction of sp³-hybridized carbons (Fsp3) is 0.857. The number of piperidine rings is 1. The SMILES string of the molecule is CCCC(Cc1nc(N2CCCCC2)no1)NCC. The van der Waals surface area contributed by atoms with Crippen LogP contribution in [0.5, 0.6) is 0 Å². The van der Waals surface area contributed by atoms with E-state index in [1.165, 1.54) is 25.7 Å². The number of hydrogen-bond donors (Lipinski definition) is 1. The van der Waals surface area contributed by atoms with Crippen LogP contribution in [0, 0.1) is 0 Å². The number of nitrogens with one attached hydrogen (secondary N) is 1. The van der Waals surface area contributed by atoms with Crippen molar-refractivity contribution in [2.45, 2.75) is 58.4 Å². The largest absolute Gasteiger partial charge is 0.338 e. The van der Waals surface area contributed by atoms with Crippen molar-refractivity contribution >= 4 is 5.95 Å². The average molecular weight is 266 g/mol. The third-order valence-electron chi connectivity index (χ3n) is 3.65. The third kappa shape index (κ3) is 4.20. The van der Waals surface area contributed by atoms with Gasteiger partial charge in [0.05, 0.1) is 0 Å². The minimum absolute atomic E-state index is 0.449. The van der Waals surface area contributed by atoms with Crippen molar-refractivity contribution in [3.63, 3.8) is 0 Å². The van der Waals surface area contributed by atoms with Gasteiger partial charge in [-0.05, 0) is 37.4 Å². The Kier molecular flexibility index (Phi) is 5.63. The van der Waals surface area contributed by atoms with Crippen LogP contribution in [0.25, 0.3) is 0 Å². The first-order valence-corrected chi connectivity index (χ1v) is 7.64. The van der Waals surface area contributed by atoms with Crippen LogP contribution in [0.2, 0.25) is 0 Å². The maximum absolute atomic E-state index is 5.40. The van der Waals surface area contributed by atoms with E-state index in [0.717, 1.165) is 44.3 Å². The summed E-state index contributed by atoms with van der Waals surface area (Å²) in [6.45, 7) is 7.44. The molecule has 1 N–H and O–H groups in total. The van der Waals surface area contributed by atoms with Crippen LogP contribution in [-0.2, 0) is 6.42 Å². The zero-order valence-electron chi connectivity index (χ0n) is 12.2. The molecule has 2 heterocycles. The van der Waals surface area contributed by atoms with Crippen LogP contribution in [0.3, 0.4) is 0 Å². The molecule has 0 bridgehead atoms. The van der Waals surface area contributed by atoms with Crippen LogP contribution >= 0.6 is 0 Å². The summed E-state index contributed by atoms with van der Waals surface area (Å²) in [4.78, 5) is 6.78. The standard InChI is InChI=1S/C14H26N4O/c1-3-8-12(15-4-2)11-13-16-14(17-19-13)18-9-6-5-7-10-18/h12,15H,3-11H2,1-2H3. The molecule has 2 rings (SSSR count). The van der Waals surface area contributed by atoms with Gasteiger partial charge in [-0.3, -0.25) is 0 Å². The normalized spacial score (nSPS) is 17.7. The molecule has 0 spiro atoms. The Balaban J connectivity index is 1.91. The summed E-state index contributed by atoms with van der Waals surface area (Å²) in [5, 5.41) is 7.60. The Morgan fingerprint density at radius 3 is 2.74 bits per heavy atom. The monoisotopic (exact) mass is 266 g/mol. The number of rotatable bonds is 7. The molecule has 0 radical (unpaired) electrons. The van der Waals surface area contributed by atoms with Crippen LogP contribution in [0.15, 0.2) is 4.52 Å². The Morgan fingerprint density at radius 1 is 1.26 bits per heavy atom. The molecule has 1 atom stereocenters. The molecule has 0 aliphatic carbocycles. The highest BCUT2D eigenvalue weighted by atomic mass is 16.5. The van der Waals surface area contributed by atoms with Crippen LogP contribution in [0.4, 0.5) is 5.95 Å². The highest BCUT2D eigenvalue weighted by Crippen LogP contribution is 2.17. The van der Waals surface area contributed by atoms with E-state index in [1.807, 2.05) is 0 Å². The topological polar surface area (TPSA) is 54.2 Å². The molecule has 5 nitrogen and oxygen atoms in total. The number of aromatic nitrogens is 2. The number of anilines is 1. The average Bonchev–Trinajstić information content (AvgIpc) is 2.89. The molecule has 108 valence electrons. The molecule has 0 aromatic carbocycles. The zero-order chi connectivity index (χ0) is 13.5. The highest BCUT2D eigenvalue weighted by molar-refractivity contribution is 5.28. The van der Waals surface area contributed by atoms with E-state index in [-0.39, 0.29) is 0 Å². The van der Waals surface area contributed by atoms with Gasteiger partial charge in [-0.1, -0.05) is 20.3 Å². The van der Waals surface area contributed by atoms with Crippen LogP contribution < -0.4 is 10.2 Å². The minimum atomic E-state index is 0.449. The van der Waals surface area contributed by atoms with E-state index in [4.69, 9.17) is 4.52 Å². The quantitative estimate of drug-likeness (QED) is 0.821. The number of nitrogens with zero attached hydrogens (tertiary/aromatic N) is 3. The first kappa shape index (κ1) is 14.3. The van der Waals surface area contributed by atoms with Gasteiger partial charge >= 0.3 is 0 Å². The molecule has 1 aliphatic heterocycles. The number of hydrogen-bond acceptors (Lipinski definition) is 5. The van der Waals surface area contributed by atoms with E-state index in [9.17, 15) is 0 Å². The van der Waals surface area contributed by atoms with Crippen molar-refractivity contribution in [1.29, 1.82) is 0 Å². The second kappa shape index (κ2) is 7.48. The lowest BCUT2D eigenvalue weighted by molar-refractivity contribution is 0.350. The molecule has 5 heteroatoms. The van der Waals surface area contributed by atoms with E-state index in [0.29, 0.717) is 6.04 Å². The molecular weight excluding hydrogens is 240 g/mol. The van der Waals surface area contributed by atoms with Gasteiger partial charge in [0.2, 0.25) is 5.89 Å². The molecule has 1 aliphatic rings. The maximum Gasteiger partial charge on any atom is 0.266 e. The first-order valence-electron chi connectivity index (χ1n) is 7.64. The lowest BCUT2D eigenvalue weighted by Crippen LogP contribution is -2.31.